The van der Waals surface area contributed by atoms with Crippen LogP contribution in [-0.2, 0) is 21.3 Å². The van der Waals surface area contributed by atoms with Crippen LogP contribution in [0.5, 0.6) is 5.75 Å². The lowest BCUT2D eigenvalue weighted by atomic mass is 9.93. The van der Waals surface area contributed by atoms with E-state index in [4.69, 9.17) is 9.47 Å². The van der Waals surface area contributed by atoms with Crippen LogP contribution < -0.4 is 15.4 Å². The summed E-state index contributed by atoms with van der Waals surface area (Å²) in [6, 6.07) is 4.90. The molecule has 2 N–H and O–H groups in total. The summed E-state index contributed by atoms with van der Waals surface area (Å²) in [5, 5.41) is 5.92. The molecule has 254 valence electrons. The molecule has 5 rings (SSSR count). The monoisotopic (exact) mass is 680 g/mol. The van der Waals surface area contributed by atoms with E-state index in [2.05, 4.69) is 32.4 Å². The molecule has 0 radical (unpaired) electrons. The molecule has 2 fully saturated rings. The molecular formula is C31H36F4N6O5S. The number of anilines is 1. The van der Waals surface area contributed by atoms with Gasteiger partial charge in [0.15, 0.2) is 0 Å². The molecule has 2 aliphatic rings. The Morgan fingerprint density at radius 2 is 1.91 bits per heavy atom. The Bertz CT molecular complexity index is 1800. The molecule has 3 aromatic rings. The molecule has 2 atom stereocenters. The van der Waals surface area contributed by atoms with E-state index in [1.165, 1.54) is 19.2 Å². The third-order valence-corrected chi connectivity index (χ3v) is 10.1. The average molecular weight is 681 g/mol. The van der Waals surface area contributed by atoms with E-state index in [-0.39, 0.29) is 78.4 Å². The second-order valence-electron chi connectivity index (χ2n) is 11.6. The van der Waals surface area contributed by atoms with Crippen molar-refractivity contribution in [3.05, 3.63) is 47.5 Å². The normalized spacial score (nSPS) is 19.6. The Balaban J connectivity index is 1.39. The van der Waals surface area contributed by atoms with Crippen LogP contribution in [0.4, 0.5) is 23.2 Å². The first kappa shape index (κ1) is 34.4. The molecule has 47 heavy (non-hydrogen) atoms. The number of morpholine rings is 1. The first-order chi connectivity index (χ1) is 22.3. The molecule has 2 aliphatic heterocycles. The zero-order valence-electron chi connectivity index (χ0n) is 26.2. The Labute approximate surface area is 270 Å². The number of carbonyl (C=O) groups excluding carboxylic acids is 1. The number of ether oxygens (including phenoxy) is 2. The van der Waals surface area contributed by atoms with Gasteiger partial charge in [-0.05, 0) is 38.1 Å². The Morgan fingerprint density at radius 1 is 1.17 bits per heavy atom. The highest BCUT2D eigenvalue weighted by Gasteiger charge is 2.32. The minimum Gasteiger partial charge on any atom is -0.495 e. The van der Waals surface area contributed by atoms with Crippen LogP contribution in [0.25, 0.3) is 11.0 Å². The summed E-state index contributed by atoms with van der Waals surface area (Å²) in [7, 11) is -0.813. The van der Waals surface area contributed by atoms with Crippen molar-refractivity contribution >= 4 is 32.7 Å². The van der Waals surface area contributed by atoms with Gasteiger partial charge in [-0.2, -0.15) is 17.5 Å². The lowest BCUT2D eigenvalue weighted by molar-refractivity contribution is -0.139. The predicted octanol–water partition coefficient (Wildman–Crippen LogP) is 3.30. The van der Waals surface area contributed by atoms with Crippen LogP contribution in [0.1, 0.15) is 29.3 Å². The van der Waals surface area contributed by atoms with Crippen molar-refractivity contribution in [1.82, 2.24) is 24.1 Å². The lowest BCUT2D eigenvalue weighted by Crippen LogP contribution is -2.48. The largest absolute Gasteiger partial charge is 0.495 e. The van der Waals surface area contributed by atoms with Crippen molar-refractivity contribution in [3.8, 4) is 17.6 Å². The number of sulfonamides is 1. The maximum atomic E-state index is 15.1. The van der Waals surface area contributed by atoms with Gasteiger partial charge in [-0.25, -0.2) is 17.8 Å². The summed E-state index contributed by atoms with van der Waals surface area (Å²) in [6.45, 7) is 2.87. The Hall–Kier alpha value is -3.91. The Kier molecular flexibility index (Phi) is 10.3. The van der Waals surface area contributed by atoms with Gasteiger partial charge in [0.25, 0.3) is 5.91 Å². The summed E-state index contributed by atoms with van der Waals surface area (Å²) >= 11 is 0. The quantitative estimate of drug-likeness (QED) is 0.275. The summed E-state index contributed by atoms with van der Waals surface area (Å²) < 4.78 is 93.7. The number of likely N-dealkylation sites (tertiary alicyclic amines) is 1. The molecule has 0 unspecified atom stereocenters. The maximum absolute atomic E-state index is 15.1. The Morgan fingerprint density at radius 3 is 2.60 bits per heavy atom. The van der Waals surface area contributed by atoms with Crippen molar-refractivity contribution < 1.29 is 40.2 Å². The number of nitrogens with one attached hydrogen (secondary N) is 2. The number of aromatic nitrogens is 2. The summed E-state index contributed by atoms with van der Waals surface area (Å²) in [5.74, 6) is 4.49. The van der Waals surface area contributed by atoms with E-state index >= 15 is 4.39 Å². The van der Waals surface area contributed by atoms with E-state index in [0.29, 0.717) is 0 Å². The average Bonchev–Trinajstić information content (AvgIpc) is 3.41. The number of hydrogen-bond acceptors (Lipinski definition) is 8. The van der Waals surface area contributed by atoms with Crippen molar-refractivity contribution in [2.75, 3.05) is 65.4 Å². The van der Waals surface area contributed by atoms with Crippen LogP contribution in [0, 0.1) is 23.6 Å². The summed E-state index contributed by atoms with van der Waals surface area (Å²) in [5.41, 5.74) is 0.751. The second kappa shape index (κ2) is 14.1. The fourth-order valence-electron chi connectivity index (χ4n) is 5.79. The molecule has 16 heteroatoms. The van der Waals surface area contributed by atoms with Gasteiger partial charge in [0.1, 0.15) is 28.5 Å². The number of rotatable bonds is 8. The number of alkyl halides is 3. The first-order valence-corrected chi connectivity index (χ1v) is 16.4. The predicted molar refractivity (Wildman–Crippen MR) is 166 cm³/mol. The van der Waals surface area contributed by atoms with Crippen LogP contribution >= 0.6 is 0 Å². The molecule has 1 aromatic heterocycles. The van der Waals surface area contributed by atoms with Gasteiger partial charge < -0.3 is 29.6 Å². The van der Waals surface area contributed by atoms with Crippen LogP contribution in [0.15, 0.2) is 35.5 Å². The number of carbonyl (C=O) groups is 1. The first-order valence-electron chi connectivity index (χ1n) is 15.0. The molecule has 2 saturated heterocycles. The number of hydrogen-bond donors (Lipinski definition) is 2. The maximum Gasteiger partial charge on any atom is 0.406 e. The molecule has 0 aliphatic carbocycles. The van der Waals surface area contributed by atoms with E-state index in [0.717, 1.165) is 46.8 Å². The van der Waals surface area contributed by atoms with E-state index in [9.17, 15) is 26.4 Å². The lowest BCUT2D eigenvalue weighted by Gasteiger charge is -2.35. The highest BCUT2D eigenvalue weighted by atomic mass is 32.2. The minimum atomic E-state index is -4.52. The van der Waals surface area contributed by atoms with Gasteiger partial charge in [0.05, 0.1) is 50.0 Å². The van der Waals surface area contributed by atoms with Gasteiger partial charge in [-0.3, -0.25) is 4.79 Å². The standard InChI is InChI=1S/C31H36F4N6O5S/c1-20-17-39(2)8-6-24(20)38-30(42)22-13-21(14-26-29(22)37-19-40(26)18-31(33,34)35)5-4-7-36-25-15-23(32)28(16-27(25)45-3)47(43,44)41-9-11-46-12-10-41/h13-16,19-20,24,36H,6-12,17-18H2,1-3H3,(H,38,42)/t20-,24-/m0/s1. The van der Waals surface area contributed by atoms with Crippen molar-refractivity contribution in [2.24, 2.45) is 5.92 Å². The molecular weight excluding hydrogens is 644 g/mol. The molecule has 1 amide bonds. The summed E-state index contributed by atoms with van der Waals surface area (Å²) in [4.78, 5) is 19.2. The number of amides is 1. The topological polar surface area (TPSA) is 118 Å². The molecule has 2 aromatic carbocycles. The van der Waals surface area contributed by atoms with Gasteiger partial charge in [0.2, 0.25) is 10.0 Å². The van der Waals surface area contributed by atoms with E-state index in [1.807, 2.05) is 14.0 Å². The molecule has 3 heterocycles. The number of imidazole rings is 1. The van der Waals surface area contributed by atoms with Gasteiger partial charge in [-0.15, -0.1) is 0 Å². The van der Waals surface area contributed by atoms with Gasteiger partial charge >= 0.3 is 6.18 Å². The molecule has 0 spiro atoms. The van der Waals surface area contributed by atoms with Crippen LogP contribution in [0.3, 0.4) is 0 Å². The number of halogens is 4. The number of nitrogens with zero attached hydrogens (tertiary/aromatic N) is 4. The number of fused-ring (bicyclic) bond motifs is 1. The highest BCUT2D eigenvalue weighted by molar-refractivity contribution is 7.89. The fraction of sp³-hybridized carbons (Fsp3) is 0.484. The van der Waals surface area contributed by atoms with Crippen LogP contribution in [-0.4, -0.2) is 105 Å². The zero-order valence-corrected chi connectivity index (χ0v) is 27.0. The molecule has 0 bridgehead atoms. The molecule has 0 saturated carbocycles. The number of piperidine rings is 1. The van der Waals surface area contributed by atoms with E-state index in [1.54, 1.807) is 0 Å². The van der Waals surface area contributed by atoms with Gasteiger partial charge in [0, 0.05) is 43.4 Å². The van der Waals surface area contributed by atoms with Gasteiger partial charge in [-0.1, -0.05) is 18.8 Å². The smallest absolute Gasteiger partial charge is 0.406 e. The fourth-order valence-corrected chi connectivity index (χ4v) is 7.26. The second-order valence-corrected chi connectivity index (χ2v) is 13.5. The molecule has 11 nitrogen and oxygen atoms in total. The summed E-state index contributed by atoms with van der Waals surface area (Å²) in [6.07, 6.45) is -2.74. The third-order valence-electron chi connectivity index (χ3n) is 8.19. The zero-order chi connectivity index (χ0) is 33.9. The number of benzene rings is 2. The SMILES string of the molecule is COc1cc(S(=O)(=O)N2CCOCC2)c(F)cc1NCC#Cc1cc(C(=O)N[C@H]2CCN(C)C[C@@H]2C)c2ncn(CC(F)(F)F)c2c1. The van der Waals surface area contributed by atoms with Crippen molar-refractivity contribution in [2.45, 2.75) is 37.0 Å². The minimum absolute atomic E-state index is 0.0691. The van der Waals surface area contributed by atoms with E-state index < -0.39 is 39.4 Å². The highest BCUT2D eigenvalue weighted by Crippen LogP contribution is 2.32. The van der Waals surface area contributed by atoms with Crippen LogP contribution in [0.2, 0.25) is 0 Å². The third kappa shape index (κ3) is 7.98. The van der Waals surface area contributed by atoms with Crippen molar-refractivity contribution in [3.63, 3.8) is 0 Å². The number of methoxy groups -OCH3 is 1. The van der Waals surface area contributed by atoms with Crippen molar-refractivity contribution in [1.29, 1.82) is 0 Å².